The van der Waals surface area contributed by atoms with Crippen LogP contribution in [-0.4, -0.2) is 37.2 Å². The first-order valence-electron chi connectivity index (χ1n) is 6.09. The number of hydrogen-bond acceptors (Lipinski definition) is 5. The highest BCUT2D eigenvalue weighted by atomic mass is 16.5. The van der Waals surface area contributed by atoms with Crippen LogP contribution in [0, 0.1) is 0 Å². The fourth-order valence-electron chi connectivity index (χ4n) is 1.41. The second-order valence-electron chi connectivity index (χ2n) is 3.97. The molecule has 0 heterocycles. The molecule has 1 N–H and O–H groups in total. The summed E-state index contributed by atoms with van der Waals surface area (Å²) in [5, 5.41) is 3.08. The molecule has 0 bridgehead atoms. The Morgan fingerprint density at radius 3 is 2.18 bits per heavy atom. The maximum atomic E-state index is 11.6. The van der Waals surface area contributed by atoms with Gasteiger partial charge in [-0.3, -0.25) is 9.59 Å². The van der Waals surface area contributed by atoms with Crippen LogP contribution in [0.5, 0.6) is 0 Å². The molecule has 0 radical (unpaired) electrons. The Kier molecular flexibility index (Phi) is 8.40. The molecular formula is C12H23NO4. The highest BCUT2D eigenvalue weighted by Gasteiger charge is 2.21. The lowest BCUT2D eigenvalue weighted by atomic mass is 10.1. The van der Waals surface area contributed by atoms with Gasteiger partial charge in [-0.2, -0.15) is 0 Å². The molecule has 0 spiro atoms. The lowest BCUT2D eigenvalue weighted by molar-refractivity contribution is -0.147. The molecule has 0 aromatic heterocycles. The molecule has 0 saturated carbocycles. The van der Waals surface area contributed by atoms with Gasteiger partial charge in [0, 0.05) is 12.5 Å². The summed E-state index contributed by atoms with van der Waals surface area (Å²) < 4.78 is 9.76. The summed E-state index contributed by atoms with van der Waals surface area (Å²) in [6.45, 7) is 8.10. The number of hydrogen-bond donors (Lipinski definition) is 1. The van der Waals surface area contributed by atoms with E-state index in [0.717, 1.165) is 0 Å². The summed E-state index contributed by atoms with van der Waals surface area (Å²) in [6.07, 6.45) is 0.618. The Balaban J connectivity index is 4.18. The van der Waals surface area contributed by atoms with Gasteiger partial charge in [0.15, 0.2) is 0 Å². The van der Waals surface area contributed by atoms with Crippen LogP contribution in [0.4, 0.5) is 0 Å². The standard InChI is InChI=1S/C12H23NO4/c1-5-16-11(14)8-7-10(13-9(3)4)12(15)17-6-2/h9-10,13H,5-8H2,1-4H3/t10-/m0/s1. The predicted octanol–water partition coefficient (Wildman–Crippen LogP) is 1.26. The Labute approximate surface area is 103 Å². The van der Waals surface area contributed by atoms with Crippen molar-refractivity contribution in [1.82, 2.24) is 5.32 Å². The molecular weight excluding hydrogens is 222 g/mol. The van der Waals surface area contributed by atoms with E-state index in [9.17, 15) is 9.59 Å². The number of esters is 2. The van der Waals surface area contributed by atoms with Gasteiger partial charge in [0.05, 0.1) is 13.2 Å². The van der Waals surface area contributed by atoms with E-state index >= 15 is 0 Å². The first-order chi connectivity index (χ1) is 8.01. The fraction of sp³-hybridized carbons (Fsp3) is 0.833. The van der Waals surface area contributed by atoms with Crippen molar-refractivity contribution in [3.63, 3.8) is 0 Å². The van der Waals surface area contributed by atoms with E-state index in [-0.39, 0.29) is 24.4 Å². The molecule has 0 fully saturated rings. The fourth-order valence-corrected chi connectivity index (χ4v) is 1.41. The summed E-state index contributed by atoms with van der Waals surface area (Å²) >= 11 is 0. The highest BCUT2D eigenvalue weighted by molar-refractivity contribution is 5.77. The minimum Gasteiger partial charge on any atom is -0.466 e. The molecule has 0 amide bonds. The number of nitrogens with one attached hydrogen (secondary N) is 1. The Morgan fingerprint density at radius 2 is 1.71 bits per heavy atom. The minimum atomic E-state index is -0.445. The van der Waals surface area contributed by atoms with E-state index in [0.29, 0.717) is 19.6 Å². The van der Waals surface area contributed by atoms with Gasteiger partial charge in [0.25, 0.3) is 0 Å². The molecule has 1 atom stereocenters. The van der Waals surface area contributed by atoms with Crippen LogP contribution in [0.25, 0.3) is 0 Å². The third kappa shape index (κ3) is 7.74. The van der Waals surface area contributed by atoms with Gasteiger partial charge in [-0.15, -0.1) is 0 Å². The van der Waals surface area contributed by atoms with Crippen LogP contribution >= 0.6 is 0 Å². The zero-order valence-electron chi connectivity index (χ0n) is 11.1. The third-order valence-electron chi connectivity index (χ3n) is 2.05. The normalized spacial score (nSPS) is 12.3. The number of carbonyl (C=O) groups is 2. The molecule has 0 aliphatic carbocycles. The van der Waals surface area contributed by atoms with Gasteiger partial charge >= 0.3 is 11.9 Å². The van der Waals surface area contributed by atoms with Gasteiger partial charge in [-0.05, 0) is 20.3 Å². The first-order valence-corrected chi connectivity index (χ1v) is 6.09. The first kappa shape index (κ1) is 15.9. The van der Waals surface area contributed by atoms with Crippen molar-refractivity contribution in [2.45, 2.75) is 52.6 Å². The molecule has 5 nitrogen and oxygen atoms in total. The van der Waals surface area contributed by atoms with Crippen molar-refractivity contribution in [3.05, 3.63) is 0 Å². The van der Waals surface area contributed by atoms with Crippen molar-refractivity contribution >= 4 is 11.9 Å². The molecule has 0 aromatic rings. The molecule has 17 heavy (non-hydrogen) atoms. The van der Waals surface area contributed by atoms with Gasteiger partial charge in [0.2, 0.25) is 0 Å². The van der Waals surface area contributed by atoms with Crippen molar-refractivity contribution < 1.29 is 19.1 Å². The lowest BCUT2D eigenvalue weighted by Gasteiger charge is -2.19. The lowest BCUT2D eigenvalue weighted by Crippen LogP contribution is -2.42. The number of rotatable bonds is 8. The molecule has 0 saturated heterocycles. The number of ether oxygens (including phenoxy) is 2. The molecule has 0 rings (SSSR count). The second-order valence-corrected chi connectivity index (χ2v) is 3.97. The van der Waals surface area contributed by atoms with E-state index < -0.39 is 6.04 Å². The molecule has 100 valence electrons. The summed E-state index contributed by atoms with van der Waals surface area (Å²) in [7, 11) is 0. The van der Waals surface area contributed by atoms with Crippen LogP contribution in [0.3, 0.4) is 0 Å². The number of carbonyl (C=O) groups excluding carboxylic acids is 2. The Morgan fingerprint density at radius 1 is 1.12 bits per heavy atom. The van der Waals surface area contributed by atoms with Crippen molar-refractivity contribution in [2.24, 2.45) is 0 Å². The predicted molar refractivity (Wildman–Crippen MR) is 64.6 cm³/mol. The second kappa shape index (κ2) is 8.98. The summed E-state index contributed by atoms with van der Waals surface area (Å²) in [4.78, 5) is 22.8. The van der Waals surface area contributed by atoms with E-state index in [2.05, 4.69) is 5.32 Å². The summed E-state index contributed by atoms with van der Waals surface area (Å²) in [5.41, 5.74) is 0. The van der Waals surface area contributed by atoms with Crippen LogP contribution in [-0.2, 0) is 19.1 Å². The van der Waals surface area contributed by atoms with E-state index in [1.165, 1.54) is 0 Å². The largest absolute Gasteiger partial charge is 0.466 e. The van der Waals surface area contributed by atoms with Gasteiger partial charge < -0.3 is 14.8 Å². The maximum absolute atomic E-state index is 11.6. The zero-order valence-corrected chi connectivity index (χ0v) is 11.1. The van der Waals surface area contributed by atoms with Crippen LogP contribution in [0.15, 0.2) is 0 Å². The molecule has 0 aliphatic heterocycles. The Bertz CT molecular complexity index is 241. The smallest absolute Gasteiger partial charge is 0.323 e. The van der Waals surface area contributed by atoms with Crippen molar-refractivity contribution in [1.29, 1.82) is 0 Å². The Hall–Kier alpha value is -1.10. The quantitative estimate of drug-likeness (QED) is 0.652. The molecule has 0 aliphatic rings. The van der Waals surface area contributed by atoms with Crippen molar-refractivity contribution in [3.8, 4) is 0 Å². The van der Waals surface area contributed by atoms with Crippen molar-refractivity contribution in [2.75, 3.05) is 13.2 Å². The van der Waals surface area contributed by atoms with Gasteiger partial charge in [-0.1, -0.05) is 13.8 Å². The zero-order chi connectivity index (χ0) is 13.3. The molecule has 0 aromatic carbocycles. The minimum absolute atomic E-state index is 0.159. The van der Waals surface area contributed by atoms with E-state index in [4.69, 9.17) is 9.47 Å². The summed E-state index contributed by atoms with van der Waals surface area (Å²) in [5.74, 6) is -0.599. The highest BCUT2D eigenvalue weighted by Crippen LogP contribution is 2.03. The van der Waals surface area contributed by atoms with Gasteiger partial charge in [-0.25, -0.2) is 0 Å². The maximum Gasteiger partial charge on any atom is 0.323 e. The topological polar surface area (TPSA) is 64.6 Å². The average molecular weight is 245 g/mol. The summed E-state index contributed by atoms with van der Waals surface area (Å²) in [6, 6.07) is -0.286. The van der Waals surface area contributed by atoms with E-state index in [1.54, 1.807) is 13.8 Å². The molecule has 5 heteroatoms. The SMILES string of the molecule is CCOC(=O)CC[C@H](NC(C)C)C(=O)OCC. The molecule has 0 unspecified atom stereocenters. The van der Waals surface area contributed by atoms with E-state index in [1.807, 2.05) is 13.8 Å². The van der Waals surface area contributed by atoms with Crippen LogP contribution < -0.4 is 5.32 Å². The van der Waals surface area contributed by atoms with Crippen LogP contribution in [0.2, 0.25) is 0 Å². The van der Waals surface area contributed by atoms with Crippen LogP contribution in [0.1, 0.15) is 40.5 Å². The third-order valence-corrected chi connectivity index (χ3v) is 2.05. The monoisotopic (exact) mass is 245 g/mol. The average Bonchev–Trinajstić information content (AvgIpc) is 2.24. The van der Waals surface area contributed by atoms with Gasteiger partial charge in [0.1, 0.15) is 6.04 Å².